The zero-order chi connectivity index (χ0) is 12.0. The summed E-state index contributed by atoms with van der Waals surface area (Å²) >= 11 is 0. The van der Waals surface area contributed by atoms with E-state index < -0.39 is 11.4 Å². The Hall–Kier alpha value is -0.570. The Balaban J connectivity index is 2.21. The van der Waals surface area contributed by atoms with E-state index in [2.05, 4.69) is 0 Å². The molecule has 0 atom stereocenters. The number of carboxylic acids is 1. The van der Waals surface area contributed by atoms with Crippen LogP contribution in [0, 0.1) is 5.41 Å². The third kappa shape index (κ3) is 4.52. The highest BCUT2D eigenvalue weighted by molar-refractivity contribution is 5.73. The Morgan fingerprint density at radius 3 is 2.31 bits per heavy atom. The van der Waals surface area contributed by atoms with Gasteiger partial charge in [-0.25, -0.2) is 0 Å². The number of aliphatic carboxylic acids is 1. The summed E-state index contributed by atoms with van der Waals surface area (Å²) in [6.07, 6.45) is 8.41. The van der Waals surface area contributed by atoms with E-state index in [-0.39, 0.29) is 0 Å². The van der Waals surface area contributed by atoms with Gasteiger partial charge in [0.1, 0.15) is 0 Å². The largest absolute Gasteiger partial charge is 0.481 e. The monoisotopic (exact) mass is 228 g/mol. The van der Waals surface area contributed by atoms with Crippen LogP contribution in [0.4, 0.5) is 0 Å². The molecule has 0 aromatic rings. The zero-order valence-corrected chi connectivity index (χ0v) is 10.5. The summed E-state index contributed by atoms with van der Waals surface area (Å²) in [7, 11) is 0. The molecule has 1 aliphatic carbocycles. The standard InChI is InChI=1S/C13H24O3/c1-13(2,12(14)15)9-10-16-11-7-5-3-4-6-8-11/h11H,3-10H2,1-2H3,(H,14,15). The van der Waals surface area contributed by atoms with Gasteiger partial charge >= 0.3 is 5.97 Å². The maximum absolute atomic E-state index is 10.9. The van der Waals surface area contributed by atoms with Crippen LogP contribution in [0.1, 0.15) is 58.8 Å². The van der Waals surface area contributed by atoms with Crippen LogP contribution in [0.25, 0.3) is 0 Å². The topological polar surface area (TPSA) is 46.5 Å². The molecule has 1 fully saturated rings. The summed E-state index contributed by atoms with van der Waals surface area (Å²) in [4.78, 5) is 10.9. The molecule has 0 amide bonds. The Bertz CT molecular complexity index is 215. The summed E-state index contributed by atoms with van der Waals surface area (Å²) in [5.41, 5.74) is -0.662. The van der Waals surface area contributed by atoms with Crippen LogP contribution < -0.4 is 0 Å². The van der Waals surface area contributed by atoms with Gasteiger partial charge in [0.15, 0.2) is 0 Å². The third-order valence-electron chi connectivity index (χ3n) is 3.46. The predicted molar refractivity (Wildman–Crippen MR) is 63.5 cm³/mol. The Labute approximate surface area is 98.2 Å². The number of carbonyl (C=O) groups is 1. The van der Waals surface area contributed by atoms with Crippen LogP contribution in [0.3, 0.4) is 0 Å². The molecule has 1 saturated carbocycles. The predicted octanol–water partition coefficient (Wildman–Crippen LogP) is 3.23. The van der Waals surface area contributed by atoms with Crippen LogP contribution in [-0.2, 0) is 9.53 Å². The molecule has 3 heteroatoms. The maximum atomic E-state index is 10.9. The molecule has 0 radical (unpaired) electrons. The lowest BCUT2D eigenvalue weighted by molar-refractivity contribution is -0.148. The zero-order valence-electron chi connectivity index (χ0n) is 10.5. The lowest BCUT2D eigenvalue weighted by Crippen LogP contribution is -2.26. The summed E-state index contributed by atoms with van der Waals surface area (Å²) in [5, 5.41) is 8.97. The van der Waals surface area contributed by atoms with Crippen molar-refractivity contribution in [3.8, 4) is 0 Å². The summed E-state index contributed by atoms with van der Waals surface area (Å²) in [5.74, 6) is -0.739. The molecular formula is C13H24O3. The molecule has 16 heavy (non-hydrogen) atoms. The molecule has 0 aromatic carbocycles. The third-order valence-corrected chi connectivity index (χ3v) is 3.46. The van der Waals surface area contributed by atoms with Gasteiger partial charge in [0.05, 0.1) is 11.5 Å². The van der Waals surface area contributed by atoms with Gasteiger partial charge in [-0.1, -0.05) is 25.7 Å². The van der Waals surface area contributed by atoms with Crippen molar-refractivity contribution in [2.45, 2.75) is 64.9 Å². The van der Waals surface area contributed by atoms with E-state index in [1.807, 2.05) is 0 Å². The molecular weight excluding hydrogens is 204 g/mol. The van der Waals surface area contributed by atoms with E-state index in [4.69, 9.17) is 9.84 Å². The molecule has 1 aliphatic rings. The van der Waals surface area contributed by atoms with Crippen LogP contribution in [0.5, 0.6) is 0 Å². The molecule has 0 aromatic heterocycles. The van der Waals surface area contributed by atoms with Crippen LogP contribution in [0.2, 0.25) is 0 Å². The lowest BCUT2D eigenvalue weighted by atomic mass is 9.90. The van der Waals surface area contributed by atoms with Crippen LogP contribution in [0.15, 0.2) is 0 Å². The minimum absolute atomic E-state index is 0.368. The second kappa shape index (κ2) is 6.24. The Kier molecular flexibility index (Phi) is 5.26. The minimum Gasteiger partial charge on any atom is -0.481 e. The Morgan fingerprint density at radius 1 is 1.25 bits per heavy atom. The first-order valence-electron chi connectivity index (χ1n) is 6.37. The van der Waals surface area contributed by atoms with Gasteiger partial charge in [-0.05, 0) is 33.1 Å². The lowest BCUT2D eigenvalue weighted by Gasteiger charge is -2.21. The molecule has 0 heterocycles. The number of hydrogen-bond acceptors (Lipinski definition) is 2. The Morgan fingerprint density at radius 2 is 1.81 bits per heavy atom. The van der Waals surface area contributed by atoms with E-state index in [1.165, 1.54) is 25.7 Å². The fourth-order valence-electron chi connectivity index (χ4n) is 2.00. The average Bonchev–Trinajstić information content (AvgIpc) is 2.46. The van der Waals surface area contributed by atoms with Crippen molar-refractivity contribution in [1.82, 2.24) is 0 Å². The molecule has 0 aliphatic heterocycles. The second-order valence-corrected chi connectivity index (χ2v) is 5.42. The quantitative estimate of drug-likeness (QED) is 0.735. The van der Waals surface area contributed by atoms with Crippen LogP contribution in [-0.4, -0.2) is 23.8 Å². The number of carboxylic acid groups (broad SMARTS) is 1. The van der Waals surface area contributed by atoms with Gasteiger partial charge in [0.25, 0.3) is 0 Å². The van der Waals surface area contributed by atoms with Crippen molar-refractivity contribution in [3.05, 3.63) is 0 Å². The van der Waals surface area contributed by atoms with Crippen molar-refractivity contribution in [2.24, 2.45) is 5.41 Å². The van der Waals surface area contributed by atoms with Gasteiger partial charge in [0, 0.05) is 6.61 Å². The van der Waals surface area contributed by atoms with Crippen molar-refractivity contribution >= 4 is 5.97 Å². The fourth-order valence-corrected chi connectivity index (χ4v) is 2.00. The first-order chi connectivity index (χ1) is 7.52. The van der Waals surface area contributed by atoms with Crippen molar-refractivity contribution in [3.63, 3.8) is 0 Å². The molecule has 0 spiro atoms. The van der Waals surface area contributed by atoms with Gasteiger partial charge in [-0.3, -0.25) is 4.79 Å². The van der Waals surface area contributed by atoms with E-state index >= 15 is 0 Å². The van der Waals surface area contributed by atoms with Crippen molar-refractivity contribution in [1.29, 1.82) is 0 Å². The van der Waals surface area contributed by atoms with Gasteiger partial charge < -0.3 is 9.84 Å². The summed E-state index contributed by atoms with van der Waals surface area (Å²) in [6, 6.07) is 0. The molecule has 94 valence electrons. The first kappa shape index (κ1) is 13.5. The molecule has 3 nitrogen and oxygen atoms in total. The molecule has 0 saturated heterocycles. The normalized spacial score (nSPS) is 19.4. The minimum atomic E-state index is -0.739. The number of ether oxygens (including phenoxy) is 1. The van der Waals surface area contributed by atoms with Crippen molar-refractivity contribution in [2.75, 3.05) is 6.61 Å². The van der Waals surface area contributed by atoms with Crippen molar-refractivity contribution < 1.29 is 14.6 Å². The van der Waals surface area contributed by atoms with Crippen LogP contribution >= 0.6 is 0 Å². The van der Waals surface area contributed by atoms with E-state index in [0.29, 0.717) is 19.1 Å². The highest BCUT2D eigenvalue weighted by Crippen LogP contribution is 2.23. The number of rotatable bonds is 5. The highest BCUT2D eigenvalue weighted by Gasteiger charge is 2.27. The smallest absolute Gasteiger partial charge is 0.309 e. The SMILES string of the molecule is CC(C)(CCOC1CCCCCC1)C(=O)O. The average molecular weight is 228 g/mol. The highest BCUT2D eigenvalue weighted by atomic mass is 16.5. The van der Waals surface area contributed by atoms with Gasteiger partial charge in [0.2, 0.25) is 0 Å². The second-order valence-electron chi connectivity index (χ2n) is 5.42. The summed E-state index contributed by atoms with van der Waals surface area (Å²) in [6.45, 7) is 4.08. The maximum Gasteiger partial charge on any atom is 0.309 e. The molecule has 1 N–H and O–H groups in total. The van der Waals surface area contributed by atoms with E-state index in [0.717, 1.165) is 12.8 Å². The van der Waals surface area contributed by atoms with Gasteiger partial charge in [-0.2, -0.15) is 0 Å². The van der Waals surface area contributed by atoms with E-state index in [1.54, 1.807) is 13.8 Å². The molecule has 0 bridgehead atoms. The summed E-state index contributed by atoms with van der Waals surface area (Å²) < 4.78 is 5.79. The van der Waals surface area contributed by atoms with E-state index in [9.17, 15) is 4.79 Å². The fraction of sp³-hybridized carbons (Fsp3) is 0.923. The van der Waals surface area contributed by atoms with Gasteiger partial charge in [-0.15, -0.1) is 0 Å². The molecule has 1 rings (SSSR count). The first-order valence-corrected chi connectivity index (χ1v) is 6.37. The molecule has 0 unspecified atom stereocenters. The number of hydrogen-bond donors (Lipinski definition) is 1.